The lowest BCUT2D eigenvalue weighted by Crippen LogP contribution is -2.39. The Morgan fingerprint density at radius 1 is 0.938 bits per heavy atom. The van der Waals surface area contributed by atoms with Crippen LogP contribution in [0.15, 0.2) is 77.7 Å². The maximum Gasteiger partial charge on any atom is 0.252 e. The number of hydrogen-bond donors (Lipinski definition) is 2. The second-order valence-electron chi connectivity index (χ2n) is 7.22. The lowest BCUT2D eigenvalue weighted by molar-refractivity contribution is -0.117. The fourth-order valence-corrected chi connectivity index (χ4v) is 4.52. The number of aromatic nitrogens is 2. The van der Waals surface area contributed by atoms with Crippen LogP contribution in [0.5, 0.6) is 0 Å². The molecule has 1 aliphatic rings. The molecule has 10 heteroatoms. The number of nitrogens with one attached hydrogen (secondary N) is 1. The van der Waals surface area contributed by atoms with E-state index in [1.54, 1.807) is 23.1 Å². The number of halogens is 1. The van der Waals surface area contributed by atoms with Gasteiger partial charge in [-0.1, -0.05) is 54.1 Å². The first-order valence-corrected chi connectivity index (χ1v) is 11.5. The molecule has 2 heterocycles. The van der Waals surface area contributed by atoms with Crippen molar-refractivity contribution in [2.45, 2.75) is 10.9 Å². The van der Waals surface area contributed by atoms with E-state index >= 15 is 0 Å². The van der Waals surface area contributed by atoms with Crippen molar-refractivity contribution in [2.24, 2.45) is 5.14 Å². The summed E-state index contributed by atoms with van der Waals surface area (Å²) in [4.78, 5) is 23.9. The molecule has 1 amide bonds. The van der Waals surface area contributed by atoms with Crippen LogP contribution in [0.3, 0.4) is 0 Å². The number of rotatable bonds is 3. The van der Waals surface area contributed by atoms with E-state index < -0.39 is 16.1 Å². The number of primary sulfonamides is 1. The molecule has 0 bridgehead atoms. The first-order chi connectivity index (χ1) is 15.3. The van der Waals surface area contributed by atoms with Crippen molar-refractivity contribution in [3.8, 4) is 0 Å². The van der Waals surface area contributed by atoms with Crippen molar-refractivity contribution < 1.29 is 13.2 Å². The monoisotopic (exact) mass is 465 g/mol. The molecule has 0 spiro atoms. The Morgan fingerprint density at radius 3 is 2.28 bits per heavy atom. The van der Waals surface area contributed by atoms with Gasteiger partial charge in [0.1, 0.15) is 6.04 Å². The first-order valence-electron chi connectivity index (χ1n) is 9.57. The molecule has 1 unspecified atom stereocenters. The quantitative estimate of drug-likeness (QED) is 0.475. The SMILES string of the molecule is NS(=O)(=O)c1ccc2c(c1)NC(=O)C(c1ccccc1)N2c1nc2ccccc2nc1Cl. The van der Waals surface area contributed by atoms with Gasteiger partial charge >= 0.3 is 0 Å². The number of nitrogens with two attached hydrogens (primary N) is 1. The summed E-state index contributed by atoms with van der Waals surface area (Å²) >= 11 is 6.54. The van der Waals surface area contributed by atoms with Crippen LogP contribution in [0, 0.1) is 0 Å². The number of benzene rings is 3. The van der Waals surface area contributed by atoms with Gasteiger partial charge in [0.25, 0.3) is 5.91 Å². The van der Waals surface area contributed by atoms with Gasteiger partial charge in [0.05, 0.1) is 27.3 Å². The lowest BCUT2D eigenvalue weighted by atomic mass is 10.00. The minimum absolute atomic E-state index is 0.112. The molecular formula is C22H16ClN5O3S. The maximum atomic E-state index is 13.3. The van der Waals surface area contributed by atoms with E-state index in [0.29, 0.717) is 22.3 Å². The third kappa shape index (κ3) is 3.46. The summed E-state index contributed by atoms with van der Waals surface area (Å²) in [5.41, 5.74) is 2.71. The summed E-state index contributed by atoms with van der Waals surface area (Å²) in [5, 5.41) is 8.17. The molecule has 4 aromatic rings. The minimum Gasteiger partial charge on any atom is -0.322 e. The number of hydrogen-bond acceptors (Lipinski definition) is 6. The van der Waals surface area contributed by atoms with Crippen LogP contribution in [0.25, 0.3) is 11.0 Å². The minimum atomic E-state index is -3.96. The molecule has 5 rings (SSSR count). The van der Waals surface area contributed by atoms with Gasteiger partial charge in [-0.25, -0.2) is 23.5 Å². The summed E-state index contributed by atoms with van der Waals surface area (Å²) in [6.07, 6.45) is 0. The summed E-state index contributed by atoms with van der Waals surface area (Å²) in [5.74, 6) is -0.0972. The predicted molar refractivity (Wildman–Crippen MR) is 122 cm³/mol. The molecule has 0 radical (unpaired) electrons. The first kappa shape index (κ1) is 20.4. The van der Waals surface area contributed by atoms with E-state index in [-0.39, 0.29) is 27.5 Å². The zero-order valence-electron chi connectivity index (χ0n) is 16.4. The molecule has 3 N–H and O–H groups in total. The number of carbonyl (C=O) groups is 1. The zero-order valence-corrected chi connectivity index (χ0v) is 18.0. The largest absolute Gasteiger partial charge is 0.322 e. The highest BCUT2D eigenvalue weighted by Gasteiger charge is 2.37. The van der Waals surface area contributed by atoms with Crippen molar-refractivity contribution in [1.82, 2.24) is 9.97 Å². The number of nitrogens with zero attached hydrogens (tertiary/aromatic N) is 3. The van der Waals surface area contributed by atoms with Crippen molar-refractivity contribution in [2.75, 3.05) is 10.2 Å². The van der Waals surface area contributed by atoms with Crippen LogP contribution < -0.4 is 15.4 Å². The second kappa shape index (κ2) is 7.56. The molecule has 0 saturated carbocycles. The van der Waals surface area contributed by atoms with Gasteiger partial charge in [-0.3, -0.25) is 4.79 Å². The van der Waals surface area contributed by atoms with E-state index in [1.165, 1.54) is 12.1 Å². The number of sulfonamides is 1. The Morgan fingerprint density at radius 2 is 1.59 bits per heavy atom. The van der Waals surface area contributed by atoms with Crippen LogP contribution in [0.1, 0.15) is 11.6 Å². The number of amides is 1. The van der Waals surface area contributed by atoms with E-state index in [2.05, 4.69) is 15.3 Å². The van der Waals surface area contributed by atoms with Crippen molar-refractivity contribution in [1.29, 1.82) is 0 Å². The highest BCUT2D eigenvalue weighted by molar-refractivity contribution is 7.89. The molecule has 0 aliphatic carbocycles. The van der Waals surface area contributed by atoms with Gasteiger partial charge in [0.2, 0.25) is 10.0 Å². The third-order valence-electron chi connectivity index (χ3n) is 5.18. The normalized spacial score (nSPS) is 16.0. The smallest absolute Gasteiger partial charge is 0.252 e. The average Bonchev–Trinajstić information content (AvgIpc) is 2.77. The van der Waals surface area contributed by atoms with E-state index in [1.807, 2.05) is 42.5 Å². The van der Waals surface area contributed by atoms with Crippen LogP contribution in [0.2, 0.25) is 5.15 Å². The molecule has 160 valence electrons. The Kier molecular flexibility index (Phi) is 4.81. The van der Waals surface area contributed by atoms with Gasteiger partial charge in [0.15, 0.2) is 11.0 Å². The summed E-state index contributed by atoms with van der Waals surface area (Å²) in [7, 11) is -3.96. The second-order valence-corrected chi connectivity index (χ2v) is 9.14. The van der Waals surface area contributed by atoms with Crippen molar-refractivity contribution in [3.05, 3.63) is 83.5 Å². The van der Waals surface area contributed by atoms with Crippen LogP contribution >= 0.6 is 11.6 Å². The van der Waals surface area contributed by atoms with Gasteiger partial charge in [-0.2, -0.15) is 0 Å². The highest BCUT2D eigenvalue weighted by Crippen LogP contribution is 2.45. The van der Waals surface area contributed by atoms with Gasteiger partial charge < -0.3 is 10.2 Å². The van der Waals surface area contributed by atoms with E-state index in [0.717, 1.165) is 0 Å². The summed E-state index contributed by atoms with van der Waals surface area (Å²) in [6.45, 7) is 0. The van der Waals surface area contributed by atoms with Gasteiger partial charge in [-0.15, -0.1) is 0 Å². The molecule has 32 heavy (non-hydrogen) atoms. The molecule has 1 aliphatic heterocycles. The van der Waals surface area contributed by atoms with Crippen molar-refractivity contribution >= 4 is 55.8 Å². The van der Waals surface area contributed by atoms with Gasteiger partial charge in [0, 0.05) is 0 Å². The van der Waals surface area contributed by atoms with Crippen LogP contribution in [-0.4, -0.2) is 24.3 Å². The molecule has 3 aromatic carbocycles. The molecule has 1 atom stereocenters. The van der Waals surface area contributed by atoms with E-state index in [4.69, 9.17) is 16.7 Å². The van der Waals surface area contributed by atoms with E-state index in [9.17, 15) is 13.2 Å². The Hall–Kier alpha value is -3.53. The average molecular weight is 466 g/mol. The Labute approximate surface area is 188 Å². The molecule has 1 aromatic heterocycles. The zero-order chi connectivity index (χ0) is 22.5. The molecule has 0 fully saturated rings. The lowest BCUT2D eigenvalue weighted by Gasteiger charge is -2.37. The number of anilines is 3. The number of fused-ring (bicyclic) bond motifs is 2. The van der Waals surface area contributed by atoms with Crippen LogP contribution in [0.4, 0.5) is 17.2 Å². The molecule has 8 nitrogen and oxygen atoms in total. The molecular weight excluding hydrogens is 450 g/mol. The van der Waals surface area contributed by atoms with Crippen molar-refractivity contribution in [3.63, 3.8) is 0 Å². The molecule has 0 saturated heterocycles. The topological polar surface area (TPSA) is 118 Å². The summed E-state index contributed by atoms with van der Waals surface area (Å²) < 4.78 is 23.7. The summed E-state index contributed by atoms with van der Waals surface area (Å²) in [6, 6.07) is 19.9. The maximum absolute atomic E-state index is 13.3. The predicted octanol–water partition coefficient (Wildman–Crippen LogP) is 3.76. The Bertz CT molecular complexity index is 1480. The standard InChI is InChI=1S/C22H16ClN5O3S/c23-20-21(26-16-9-5-4-8-15(16)25-20)28-18-11-10-14(32(24,30)31)12-17(18)27-22(29)19(28)13-6-2-1-3-7-13/h1-12,19H,(H,27,29)(H2,24,30,31). The third-order valence-corrected chi connectivity index (χ3v) is 6.34. The fraction of sp³-hybridized carbons (Fsp3) is 0.0455. The number of carbonyl (C=O) groups excluding carboxylic acids is 1. The highest BCUT2D eigenvalue weighted by atomic mass is 35.5. The van der Waals surface area contributed by atoms with Gasteiger partial charge in [-0.05, 0) is 35.9 Å². The number of para-hydroxylation sites is 2. The Balaban J connectivity index is 1.78. The van der Waals surface area contributed by atoms with Crippen LogP contribution in [-0.2, 0) is 14.8 Å². The fourth-order valence-electron chi connectivity index (χ4n) is 3.75.